The predicted octanol–water partition coefficient (Wildman–Crippen LogP) is 5.00. The van der Waals surface area contributed by atoms with E-state index in [2.05, 4.69) is 5.32 Å². The summed E-state index contributed by atoms with van der Waals surface area (Å²) in [5.74, 6) is -0.532. The van der Waals surface area contributed by atoms with Gasteiger partial charge in [0.25, 0.3) is 15.7 Å². The van der Waals surface area contributed by atoms with Crippen molar-refractivity contribution in [3.05, 3.63) is 136 Å². The quantitative estimate of drug-likeness (QED) is 0.249. The highest BCUT2D eigenvalue weighted by molar-refractivity contribution is 7.92. The highest BCUT2D eigenvalue weighted by Gasteiger charge is 2.29. The summed E-state index contributed by atoms with van der Waals surface area (Å²) in [5.41, 5.74) is 2.65. The number of sulfonamides is 1. The van der Waals surface area contributed by atoms with Crippen LogP contribution in [0, 0.1) is 17.0 Å². The zero-order chi connectivity index (χ0) is 26.4. The Morgan fingerprint density at radius 1 is 0.865 bits per heavy atom. The van der Waals surface area contributed by atoms with Gasteiger partial charge in [0.1, 0.15) is 6.54 Å². The van der Waals surface area contributed by atoms with E-state index in [-0.39, 0.29) is 16.3 Å². The van der Waals surface area contributed by atoms with Gasteiger partial charge in [-0.05, 0) is 47.9 Å². The van der Waals surface area contributed by atoms with Gasteiger partial charge in [0.2, 0.25) is 5.91 Å². The Morgan fingerprint density at radius 3 is 2.03 bits per heavy atom. The summed E-state index contributed by atoms with van der Waals surface area (Å²) in [6.45, 7) is 1.42. The molecule has 0 fully saturated rings. The lowest BCUT2D eigenvalue weighted by atomic mass is 9.95. The molecule has 1 atom stereocenters. The normalized spacial score (nSPS) is 11.9. The van der Waals surface area contributed by atoms with Gasteiger partial charge in [0, 0.05) is 12.1 Å². The van der Waals surface area contributed by atoms with E-state index >= 15 is 0 Å². The van der Waals surface area contributed by atoms with E-state index in [9.17, 15) is 23.3 Å². The Kier molecular flexibility index (Phi) is 7.64. The fourth-order valence-electron chi connectivity index (χ4n) is 4.01. The van der Waals surface area contributed by atoms with Crippen LogP contribution in [0.2, 0.25) is 0 Å². The number of nitro benzene ring substituents is 1. The van der Waals surface area contributed by atoms with Crippen molar-refractivity contribution in [2.24, 2.45) is 0 Å². The number of benzene rings is 4. The molecule has 37 heavy (non-hydrogen) atoms. The largest absolute Gasteiger partial charge is 0.344 e. The van der Waals surface area contributed by atoms with E-state index < -0.39 is 33.4 Å². The van der Waals surface area contributed by atoms with Gasteiger partial charge in [-0.1, -0.05) is 72.8 Å². The molecule has 0 saturated carbocycles. The first-order chi connectivity index (χ1) is 17.8. The zero-order valence-electron chi connectivity index (χ0n) is 20.0. The number of hydrogen-bond donors (Lipinski definition) is 1. The number of nitrogens with one attached hydrogen (secondary N) is 1. The number of anilines is 1. The molecule has 0 aromatic heterocycles. The van der Waals surface area contributed by atoms with Crippen molar-refractivity contribution in [2.45, 2.75) is 17.9 Å². The van der Waals surface area contributed by atoms with Crippen molar-refractivity contribution in [1.29, 1.82) is 0 Å². The van der Waals surface area contributed by atoms with Crippen LogP contribution >= 0.6 is 0 Å². The average Bonchev–Trinajstić information content (AvgIpc) is 2.92. The topological polar surface area (TPSA) is 110 Å². The predicted molar refractivity (Wildman–Crippen MR) is 142 cm³/mol. The highest BCUT2D eigenvalue weighted by atomic mass is 32.2. The number of aryl methyl sites for hydroxylation is 1. The van der Waals surface area contributed by atoms with Crippen molar-refractivity contribution < 1.29 is 18.1 Å². The fourth-order valence-corrected chi connectivity index (χ4v) is 5.45. The Hall–Kier alpha value is -4.50. The molecule has 1 N–H and O–H groups in total. The third-order valence-electron chi connectivity index (χ3n) is 5.90. The van der Waals surface area contributed by atoms with Gasteiger partial charge in [-0.25, -0.2) is 8.42 Å². The lowest BCUT2D eigenvalue weighted by Crippen LogP contribution is -2.42. The molecule has 0 aliphatic heterocycles. The lowest BCUT2D eigenvalue weighted by molar-refractivity contribution is -0.384. The molecule has 0 heterocycles. The minimum atomic E-state index is -4.15. The molecule has 4 aromatic carbocycles. The van der Waals surface area contributed by atoms with Crippen LogP contribution in [0.4, 0.5) is 11.4 Å². The minimum absolute atomic E-state index is 0.000309. The molecule has 8 nitrogen and oxygen atoms in total. The zero-order valence-corrected chi connectivity index (χ0v) is 20.8. The number of rotatable bonds is 9. The number of carbonyl (C=O) groups excluding carboxylic acids is 1. The van der Waals surface area contributed by atoms with Crippen LogP contribution in [-0.4, -0.2) is 25.8 Å². The molecule has 1 amide bonds. The second-order valence-corrected chi connectivity index (χ2v) is 10.2. The summed E-state index contributed by atoms with van der Waals surface area (Å²) < 4.78 is 28.1. The second-order valence-electron chi connectivity index (χ2n) is 8.37. The number of carbonyl (C=O) groups is 1. The molecular weight excluding hydrogens is 490 g/mol. The van der Waals surface area contributed by atoms with Gasteiger partial charge >= 0.3 is 0 Å². The van der Waals surface area contributed by atoms with Gasteiger partial charge in [0.15, 0.2) is 0 Å². The molecule has 188 valence electrons. The van der Waals surface area contributed by atoms with Crippen LogP contribution in [0.1, 0.15) is 22.7 Å². The van der Waals surface area contributed by atoms with E-state index in [1.54, 1.807) is 18.2 Å². The molecule has 0 aliphatic rings. The monoisotopic (exact) mass is 515 g/mol. The van der Waals surface area contributed by atoms with Gasteiger partial charge < -0.3 is 5.32 Å². The van der Waals surface area contributed by atoms with Crippen LogP contribution in [0.5, 0.6) is 0 Å². The standard InChI is InChI=1S/C28H25N3O5S/c1-21-10-8-9-15-26(21)28(22-11-4-2-5-12-22)29-27(32)20-30(23-16-18-24(19-17-23)31(33)34)37(35,36)25-13-6-3-7-14-25/h2-19,28H,20H2,1H3,(H,29,32)/t28-/m0/s1. The summed E-state index contributed by atoms with van der Waals surface area (Å²) in [5, 5.41) is 14.1. The molecule has 0 spiro atoms. The first-order valence-electron chi connectivity index (χ1n) is 11.5. The van der Waals surface area contributed by atoms with Crippen LogP contribution in [0.15, 0.2) is 114 Å². The Labute approximate surface area is 215 Å². The first-order valence-corrected chi connectivity index (χ1v) is 12.9. The van der Waals surface area contributed by atoms with E-state index in [1.165, 1.54) is 36.4 Å². The lowest BCUT2D eigenvalue weighted by Gasteiger charge is -2.26. The number of non-ortho nitro benzene ring substituents is 1. The van der Waals surface area contributed by atoms with Crippen molar-refractivity contribution in [3.63, 3.8) is 0 Å². The summed E-state index contributed by atoms with van der Waals surface area (Å²) in [6.07, 6.45) is 0. The summed E-state index contributed by atoms with van der Waals surface area (Å²) in [7, 11) is -4.15. The summed E-state index contributed by atoms with van der Waals surface area (Å²) >= 11 is 0. The van der Waals surface area contributed by atoms with Crippen LogP contribution in [-0.2, 0) is 14.8 Å². The smallest absolute Gasteiger partial charge is 0.269 e. The van der Waals surface area contributed by atoms with Crippen LogP contribution in [0.25, 0.3) is 0 Å². The maximum atomic E-state index is 13.6. The number of hydrogen-bond acceptors (Lipinski definition) is 5. The Bertz CT molecular complexity index is 1490. The Morgan fingerprint density at radius 2 is 1.43 bits per heavy atom. The summed E-state index contributed by atoms with van der Waals surface area (Å²) in [6, 6.07) is 29.4. The van der Waals surface area contributed by atoms with E-state index in [1.807, 2.05) is 61.5 Å². The first kappa shape index (κ1) is 25.6. The van der Waals surface area contributed by atoms with Gasteiger partial charge in [-0.2, -0.15) is 0 Å². The number of nitro groups is 1. The van der Waals surface area contributed by atoms with Crippen LogP contribution < -0.4 is 9.62 Å². The molecule has 0 aliphatic carbocycles. The van der Waals surface area contributed by atoms with Crippen molar-refractivity contribution in [3.8, 4) is 0 Å². The molecule has 4 aromatic rings. The SMILES string of the molecule is Cc1ccccc1[C@@H](NC(=O)CN(c1ccc([N+](=O)[O-])cc1)S(=O)(=O)c1ccccc1)c1ccccc1. The average molecular weight is 516 g/mol. The minimum Gasteiger partial charge on any atom is -0.344 e. The highest BCUT2D eigenvalue weighted by Crippen LogP contribution is 2.27. The van der Waals surface area contributed by atoms with Gasteiger partial charge in [0.05, 0.1) is 21.5 Å². The van der Waals surface area contributed by atoms with E-state index in [4.69, 9.17) is 0 Å². The molecule has 4 rings (SSSR count). The van der Waals surface area contributed by atoms with Crippen molar-refractivity contribution in [2.75, 3.05) is 10.8 Å². The van der Waals surface area contributed by atoms with Crippen molar-refractivity contribution in [1.82, 2.24) is 5.32 Å². The fraction of sp³-hybridized carbons (Fsp3) is 0.107. The second kappa shape index (κ2) is 11.0. The Balaban J connectivity index is 1.70. The van der Waals surface area contributed by atoms with Gasteiger partial charge in [-0.15, -0.1) is 0 Å². The third kappa shape index (κ3) is 5.84. The van der Waals surface area contributed by atoms with E-state index in [0.29, 0.717) is 0 Å². The van der Waals surface area contributed by atoms with Gasteiger partial charge in [-0.3, -0.25) is 19.2 Å². The molecule has 0 bridgehead atoms. The third-order valence-corrected chi connectivity index (χ3v) is 7.69. The molecular formula is C28H25N3O5S. The summed E-state index contributed by atoms with van der Waals surface area (Å²) in [4.78, 5) is 24.0. The molecule has 0 radical (unpaired) electrons. The maximum Gasteiger partial charge on any atom is 0.269 e. The molecule has 0 saturated heterocycles. The van der Waals surface area contributed by atoms with E-state index in [0.717, 1.165) is 21.0 Å². The van der Waals surface area contributed by atoms with Crippen LogP contribution in [0.3, 0.4) is 0 Å². The molecule has 9 heteroatoms. The number of amides is 1. The molecule has 0 unspecified atom stereocenters. The van der Waals surface area contributed by atoms with Crippen molar-refractivity contribution >= 4 is 27.3 Å². The maximum absolute atomic E-state index is 13.6. The number of nitrogens with zero attached hydrogens (tertiary/aromatic N) is 2.